The van der Waals surface area contributed by atoms with Crippen molar-refractivity contribution in [2.24, 2.45) is 11.8 Å². The maximum Gasteiger partial charge on any atom is 0.0589 e. The largest absolute Gasteiger partial charge is 0.383 e. The van der Waals surface area contributed by atoms with Crippen molar-refractivity contribution in [3.05, 3.63) is 0 Å². The van der Waals surface area contributed by atoms with Gasteiger partial charge in [0.2, 0.25) is 0 Å². The van der Waals surface area contributed by atoms with Gasteiger partial charge in [-0.1, -0.05) is 27.7 Å². The van der Waals surface area contributed by atoms with Gasteiger partial charge in [0.25, 0.3) is 0 Å². The Bertz CT molecular complexity index is 239. The maximum atomic E-state index is 5.32. The van der Waals surface area contributed by atoms with Crippen molar-refractivity contribution >= 4 is 0 Å². The Morgan fingerprint density at radius 2 is 1.79 bits per heavy atom. The molecule has 0 aliphatic heterocycles. The third-order valence-electron chi connectivity index (χ3n) is 4.31. The summed E-state index contributed by atoms with van der Waals surface area (Å²) in [4.78, 5) is 2.68. The number of nitrogens with zero attached hydrogens (tertiary/aromatic N) is 1. The first-order valence-electron chi connectivity index (χ1n) is 7.95. The highest BCUT2D eigenvalue weighted by atomic mass is 16.5. The highest BCUT2D eigenvalue weighted by Crippen LogP contribution is 2.36. The quantitative estimate of drug-likeness (QED) is 0.660. The summed E-state index contributed by atoms with van der Waals surface area (Å²) in [6.07, 6.45) is 2.82. The molecule has 3 heteroatoms. The molecule has 1 rings (SSSR count). The van der Waals surface area contributed by atoms with Gasteiger partial charge in [-0.2, -0.15) is 0 Å². The fraction of sp³-hybridized carbons (Fsp3) is 1.00. The van der Waals surface area contributed by atoms with E-state index in [0.717, 1.165) is 25.6 Å². The van der Waals surface area contributed by atoms with Gasteiger partial charge in [0.15, 0.2) is 0 Å². The van der Waals surface area contributed by atoms with Crippen LogP contribution < -0.4 is 5.32 Å². The normalized spacial score (nSPS) is 19.4. The molecule has 1 aliphatic rings. The average Bonchev–Trinajstić information content (AvgIpc) is 3.15. The molecule has 0 saturated heterocycles. The second kappa shape index (κ2) is 8.23. The van der Waals surface area contributed by atoms with E-state index in [4.69, 9.17) is 4.74 Å². The number of rotatable bonds is 10. The highest BCUT2D eigenvalue weighted by molar-refractivity contribution is 4.90. The first-order valence-corrected chi connectivity index (χ1v) is 7.95. The van der Waals surface area contributed by atoms with Crippen LogP contribution in [-0.4, -0.2) is 49.8 Å². The van der Waals surface area contributed by atoms with E-state index in [1.165, 1.54) is 12.8 Å². The molecule has 0 aromatic carbocycles. The van der Waals surface area contributed by atoms with E-state index < -0.39 is 0 Å². The molecule has 0 aromatic heterocycles. The summed E-state index contributed by atoms with van der Waals surface area (Å²) in [7, 11) is 1.80. The average molecular weight is 270 g/mol. The molecular weight excluding hydrogens is 236 g/mol. The SMILES string of the molecule is COCCN(C(C)C1CC1)C(CNC(C)C)C(C)C. The molecule has 0 aromatic rings. The van der Waals surface area contributed by atoms with Crippen LogP contribution in [0.4, 0.5) is 0 Å². The molecule has 2 atom stereocenters. The van der Waals surface area contributed by atoms with Crippen LogP contribution in [0.15, 0.2) is 0 Å². The maximum absolute atomic E-state index is 5.32. The minimum absolute atomic E-state index is 0.557. The zero-order chi connectivity index (χ0) is 14.4. The van der Waals surface area contributed by atoms with Crippen molar-refractivity contribution < 1.29 is 4.74 Å². The van der Waals surface area contributed by atoms with Crippen LogP contribution in [0.3, 0.4) is 0 Å². The molecule has 114 valence electrons. The molecule has 0 radical (unpaired) electrons. The van der Waals surface area contributed by atoms with E-state index in [1.807, 2.05) is 0 Å². The lowest BCUT2D eigenvalue weighted by Gasteiger charge is -2.39. The Morgan fingerprint density at radius 1 is 1.16 bits per heavy atom. The van der Waals surface area contributed by atoms with Gasteiger partial charge in [0, 0.05) is 38.3 Å². The summed E-state index contributed by atoms with van der Waals surface area (Å²) in [5.41, 5.74) is 0. The molecule has 2 unspecified atom stereocenters. The van der Waals surface area contributed by atoms with E-state index in [9.17, 15) is 0 Å². The van der Waals surface area contributed by atoms with Gasteiger partial charge in [-0.05, 0) is 31.6 Å². The second-order valence-electron chi connectivity index (χ2n) is 6.68. The number of methoxy groups -OCH3 is 1. The van der Waals surface area contributed by atoms with E-state index in [1.54, 1.807) is 7.11 Å². The van der Waals surface area contributed by atoms with Gasteiger partial charge < -0.3 is 10.1 Å². The fourth-order valence-electron chi connectivity index (χ4n) is 2.81. The number of nitrogens with one attached hydrogen (secondary N) is 1. The molecule has 3 nitrogen and oxygen atoms in total. The topological polar surface area (TPSA) is 24.5 Å². The van der Waals surface area contributed by atoms with Gasteiger partial charge in [-0.25, -0.2) is 0 Å². The van der Waals surface area contributed by atoms with Crippen LogP contribution in [0.5, 0.6) is 0 Å². The third kappa shape index (κ3) is 5.80. The lowest BCUT2D eigenvalue weighted by atomic mass is 9.99. The summed E-state index contributed by atoms with van der Waals surface area (Å²) in [6, 6.07) is 1.85. The summed E-state index contributed by atoms with van der Waals surface area (Å²) in [5, 5.41) is 3.62. The van der Waals surface area contributed by atoms with Crippen molar-refractivity contribution in [3.63, 3.8) is 0 Å². The Morgan fingerprint density at radius 3 is 2.21 bits per heavy atom. The fourth-order valence-corrected chi connectivity index (χ4v) is 2.81. The molecule has 1 saturated carbocycles. The Balaban J connectivity index is 2.64. The van der Waals surface area contributed by atoms with E-state index in [-0.39, 0.29) is 0 Å². The van der Waals surface area contributed by atoms with Crippen molar-refractivity contribution in [2.75, 3.05) is 26.8 Å². The summed E-state index contributed by atoms with van der Waals surface area (Å²) in [5.74, 6) is 1.58. The van der Waals surface area contributed by atoms with Crippen LogP contribution in [0, 0.1) is 11.8 Å². The monoisotopic (exact) mass is 270 g/mol. The van der Waals surface area contributed by atoms with Crippen LogP contribution in [0.1, 0.15) is 47.5 Å². The van der Waals surface area contributed by atoms with Gasteiger partial charge in [-0.3, -0.25) is 4.90 Å². The van der Waals surface area contributed by atoms with Crippen molar-refractivity contribution in [1.29, 1.82) is 0 Å². The van der Waals surface area contributed by atoms with E-state index in [0.29, 0.717) is 24.0 Å². The lowest BCUT2D eigenvalue weighted by molar-refractivity contribution is 0.0605. The Hall–Kier alpha value is -0.120. The Labute approximate surface area is 120 Å². The minimum atomic E-state index is 0.557. The van der Waals surface area contributed by atoms with Gasteiger partial charge in [0.05, 0.1) is 6.61 Å². The Kier molecular flexibility index (Phi) is 7.33. The van der Waals surface area contributed by atoms with Crippen molar-refractivity contribution in [1.82, 2.24) is 10.2 Å². The molecular formula is C16H34N2O. The minimum Gasteiger partial charge on any atom is -0.383 e. The van der Waals surface area contributed by atoms with Gasteiger partial charge in [0.1, 0.15) is 0 Å². The number of hydrogen-bond acceptors (Lipinski definition) is 3. The van der Waals surface area contributed by atoms with Crippen LogP contribution >= 0.6 is 0 Å². The molecule has 1 aliphatic carbocycles. The van der Waals surface area contributed by atoms with Crippen molar-refractivity contribution in [3.8, 4) is 0 Å². The standard InChI is InChI=1S/C16H34N2O/c1-12(2)16(11-17-13(3)4)18(9-10-19-6)14(5)15-7-8-15/h12-17H,7-11H2,1-6H3. The van der Waals surface area contributed by atoms with Crippen molar-refractivity contribution in [2.45, 2.75) is 65.6 Å². The first-order chi connectivity index (χ1) is 8.97. The molecule has 0 spiro atoms. The van der Waals surface area contributed by atoms with E-state index >= 15 is 0 Å². The van der Waals surface area contributed by atoms with Crippen LogP contribution in [-0.2, 0) is 4.74 Å². The molecule has 0 bridgehead atoms. The summed E-state index contributed by atoms with van der Waals surface area (Å²) < 4.78 is 5.32. The number of ether oxygens (including phenoxy) is 1. The predicted octanol–water partition coefficient (Wildman–Crippen LogP) is 2.76. The second-order valence-corrected chi connectivity index (χ2v) is 6.68. The third-order valence-corrected chi connectivity index (χ3v) is 4.31. The lowest BCUT2D eigenvalue weighted by Crippen LogP contribution is -2.52. The highest BCUT2D eigenvalue weighted by Gasteiger charge is 2.35. The smallest absolute Gasteiger partial charge is 0.0589 e. The zero-order valence-corrected chi connectivity index (χ0v) is 13.8. The molecule has 19 heavy (non-hydrogen) atoms. The molecule has 0 amide bonds. The van der Waals surface area contributed by atoms with Gasteiger partial charge >= 0.3 is 0 Å². The molecule has 0 heterocycles. The van der Waals surface area contributed by atoms with Gasteiger partial charge in [-0.15, -0.1) is 0 Å². The van der Waals surface area contributed by atoms with Crippen LogP contribution in [0.2, 0.25) is 0 Å². The predicted molar refractivity (Wildman–Crippen MR) is 82.5 cm³/mol. The van der Waals surface area contributed by atoms with Crippen LogP contribution in [0.25, 0.3) is 0 Å². The first kappa shape index (κ1) is 16.9. The molecule has 1 fully saturated rings. The summed E-state index contributed by atoms with van der Waals surface area (Å²) >= 11 is 0. The summed E-state index contributed by atoms with van der Waals surface area (Å²) in [6.45, 7) is 14.5. The number of hydrogen-bond donors (Lipinski definition) is 1. The zero-order valence-electron chi connectivity index (χ0n) is 13.8. The van der Waals surface area contributed by atoms with E-state index in [2.05, 4.69) is 44.8 Å². The molecule has 1 N–H and O–H groups in total.